The lowest BCUT2D eigenvalue weighted by molar-refractivity contribution is -0.432. The molecule has 0 spiro atoms. The maximum absolute atomic E-state index is 14.6. The monoisotopic (exact) mass is 482 g/mol. The Morgan fingerprint density at radius 2 is 1.30 bits per heavy atom. The Morgan fingerprint density at radius 1 is 0.788 bits per heavy atom. The first kappa shape index (κ1) is 25.1. The smallest absolute Gasteiger partial charge is 0.222 e. The third-order valence-corrected chi connectivity index (χ3v) is 5.55. The molecule has 0 N–H and O–H groups in total. The van der Waals surface area contributed by atoms with Crippen LogP contribution < -0.4 is 0 Å². The largest absolute Gasteiger partial charge is 0.527 e. The van der Waals surface area contributed by atoms with Crippen molar-refractivity contribution >= 4 is 6.08 Å². The van der Waals surface area contributed by atoms with E-state index in [1.165, 1.54) is 6.08 Å². The van der Waals surface area contributed by atoms with Crippen molar-refractivity contribution in [1.29, 1.82) is 0 Å². The van der Waals surface area contributed by atoms with Gasteiger partial charge < -0.3 is 0 Å². The van der Waals surface area contributed by atoms with E-state index in [2.05, 4.69) is 11.7 Å². The van der Waals surface area contributed by atoms with Crippen molar-refractivity contribution in [3.8, 4) is 11.1 Å². The van der Waals surface area contributed by atoms with Gasteiger partial charge in [-0.2, -0.15) is 8.78 Å². The van der Waals surface area contributed by atoms with Gasteiger partial charge in [-0.05, 0) is 60.1 Å². The lowest BCUT2D eigenvalue weighted by Crippen LogP contribution is -2.29. The summed E-state index contributed by atoms with van der Waals surface area (Å²) in [6.07, 6.45) is -3.98. The van der Waals surface area contributed by atoms with Crippen molar-refractivity contribution in [2.75, 3.05) is 0 Å². The van der Waals surface area contributed by atoms with Gasteiger partial charge in [-0.15, -0.1) is 13.2 Å². The van der Waals surface area contributed by atoms with E-state index in [1.807, 2.05) is 6.08 Å². The average Bonchev–Trinajstić information content (AvgIpc) is 2.64. The van der Waals surface area contributed by atoms with Crippen molar-refractivity contribution < 1.29 is 44.3 Å². The molecule has 1 aliphatic carbocycles. The van der Waals surface area contributed by atoms with Gasteiger partial charge in [0.15, 0.2) is 0 Å². The molecule has 10 heteroatoms. The van der Waals surface area contributed by atoms with Crippen LogP contribution in [0.25, 0.3) is 17.2 Å². The second-order valence-corrected chi connectivity index (χ2v) is 8.12. The first-order valence-corrected chi connectivity index (χ1v) is 10.1. The second kappa shape index (κ2) is 9.40. The molecule has 0 unspecified atom stereocenters. The fourth-order valence-electron chi connectivity index (χ4n) is 3.88. The molecule has 0 aliphatic heterocycles. The minimum Gasteiger partial charge on any atom is -0.222 e. The van der Waals surface area contributed by atoms with Crippen LogP contribution in [-0.2, 0) is 10.8 Å². The summed E-state index contributed by atoms with van der Waals surface area (Å²) < 4.78 is 124. The minimum absolute atomic E-state index is 0.117. The van der Waals surface area contributed by atoms with E-state index < -0.39 is 52.4 Å². The first-order chi connectivity index (χ1) is 15.3. The number of hydrogen-bond donors (Lipinski definition) is 0. The number of ether oxygens (including phenoxy) is 1. The zero-order valence-electron chi connectivity index (χ0n) is 17.3. The molecule has 0 atom stereocenters. The van der Waals surface area contributed by atoms with Crippen LogP contribution in [0.5, 0.6) is 0 Å². The van der Waals surface area contributed by atoms with Crippen LogP contribution in [0.1, 0.15) is 43.7 Å². The molecular weight excluding hydrogens is 463 g/mol. The Balaban J connectivity index is 1.90. The highest BCUT2D eigenvalue weighted by Gasteiger charge is 2.49. The van der Waals surface area contributed by atoms with E-state index in [1.54, 1.807) is 0 Å². The molecule has 0 amide bonds. The van der Waals surface area contributed by atoms with Crippen LogP contribution in [-0.4, -0.2) is 6.36 Å². The van der Waals surface area contributed by atoms with Crippen LogP contribution in [0.3, 0.4) is 0 Å². The van der Waals surface area contributed by atoms with Crippen LogP contribution in [0.4, 0.5) is 39.5 Å². The number of halogens is 9. The predicted molar refractivity (Wildman–Crippen MR) is 103 cm³/mol. The molecule has 33 heavy (non-hydrogen) atoms. The van der Waals surface area contributed by atoms with Crippen molar-refractivity contribution in [2.24, 2.45) is 11.8 Å². The van der Waals surface area contributed by atoms with E-state index in [4.69, 9.17) is 0 Å². The zero-order chi connectivity index (χ0) is 24.6. The van der Waals surface area contributed by atoms with E-state index in [-0.39, 0.29) is 23.6 Å². The molecule has 0 saturated heterocycles. The second-order valence-electron chi connectivity index (χ2n) is 8.12. The standard InChI is InChI=1S/C23H19F9O/c1-12-2-4-13(5-3-12)6-7-14-8-16(24)20(17(25)9-14)15-10-18(26)21(19(27)11-15)22(28,29)33-23(30,31)32/h6-13H,2-5H2,1H3/b7-6+. The minimum atomic E-state index is -5.89. The molecule has 1 saturated carbocycles. The molecule has 2 aromatic carbocycles. The van der Waals surface area contributed by atoms with Gasteiger partial charge in [0, 0.05) is 0 Å². The van der Waals surface area contributed by atoms with Gasteiger partial charge in [0.1, 0.15) is 28.8 Å². The normalized spacial score (nSPS) is 19.9. The Morgan fingerprint density at radius 3 is 1.79 bits per heavy atom. The van der Waals surface area contributed by atoms with E-state index in [0.29, 0.717) is 5.92 Å². The van der Waals surface area contributed by atoms with Crippen molar-refractivity contribution in [3.05, 3.63) is 64.7 Å². The number of rotatable bonds is 5. The molecule has 1 fully saturated rings. The van der Waals surface area contributed by atoms with Gasteiger partial charge in [-0.1, -0.05) is 31.9 Å². The molecule has 1 nitrogen and oxygen atoms in total. The van der Waals surface area contributed by atoms with Crippen molar-refractivity contribution in [2.45, 2.75) is 45.1 Å². The fourth-order valence-corrected chi connectivity index (χ4v) is 3.88. The van der Waals surface area contributed by atoms with Gasteiger partial charge >= 0.3 is 12.5 Å². The van der Waals surface area contributed by atoms with Gasteiger partial charge in [-0.25, -0.2) is 22.3 Å². The molecule has 0 radical (unpaired) electrons. The molecule has 180 valence electrons. The van der Waals surface area contributed by atoms with Crippen LogP contribution in [0.15, 0.2) is 30.3 Å². The SMILES string of the molecule is CC1CCC(/C=C/c2cc(F)c(-c3cc(F)c(C(F)(F)OC(F)(F)F)c(F)c3)c(F)c2)CC1. The summed E-state index contributed by atoms with van der Waals surface area (Å²) >= 11 is 0. The molecule has 2 aromatic rings. The van der Waals surface area contributed by atoms with Gasteiger partial charge in [-0.3, -0.25) is 0 Å². The lowest BCUT2D eigenvalue weighted by atomic mass is 9.83. The lowest BCUT2D eigenvalue weighted by Gasteiger charge is -2.23. The van der Waals surface area contributed by atoms with Gasteiger partial charge in [0.05, 0.1) is 5.56 Å². The molecule has 0 heterocycles. The predicted octanol–water partition coefficient (Wildman–Crippen LogP) is 8.34. The van der Waals surface area contributed by atoms with Crippen molar-refractivity contribution in [1.82, 2.24) is 0 Å². The Labute approximate surface area is 183 Å². The van der Waals surface area contributed by atoms with Crippen LogP contribution in [0, 0.1) is 35.1 Å². The third kappa shape index (κ3) is 6.10. The van der Waals surface area contributed by atoms with Crippen LogP contribution in [0.2, 0.25) is 0 Å². The zero-order valence-corrected chi connectivity index (χ0v) is 17.3. The summed E-state index contributed by atoms with van der Waals surface area (Å²) in [6, 6.07) is 2.05. The summed E-state index contributed by atoms with van der Waals surface area (Å²) in [7, 11) is 0. The van der Waals surface area contributed by atoms with E-state index in [9.17, 15) is 39.5 Å². The number of allylic oxidation sites excluding steroid dienone is 1. The molecular formula is C23H19F9O. The molecule has 0 bridgehead atoms. The average molecular weight is 482 g/mol. The summed E-state index contributed by atoms with van der Waals surface area (Å²) in [5, 5.41) is 0. The highest BCUT2D eigenvalue weighted by molar-refractivity contribution is 5.68. The summed E-state index contributed by atoms with van der Waals surface area (Å²) in [4.78, 5) is 0. The Hall–Kier alpha value is -2.49. The molecule has 3 rings (SSSR count). The maximum Gasteiger partial charge on any atom is 0.527 e. The van der Waals surface area contributed by atoms with Crippen molar-refractivity contribution in [3.63, 3.8) is 0 Å². The van der Waals surface area contributed by atoms with Gasteiger partial charge in [0.25, 0.3) is 0 Å². The number of hydrogen-bond acceptors (Lipinski definition) is 1. The number of alkyl halides is 5. The number of benzene rings is 2. The topological polar surface area (TPSA) is 9.23 Å². The Bertz CT molecular complexity index is 989. The molecule has 0 aromatic heterocycles. The first-order valence-electron chi connectivity index (χ1n) is 10.1. The highest BCUT2D eigenvalue weighted by atomic mass is 19.4. The van der Waals surface area contributed by atoms with Crippen LogP contribution >= 0.6 is 0 Å². The third-order valence-electron chi connectivity index (χ3n) is 5.55. The highest BCUT2D eigenvalue weighted by Crippen LogP contribution is 2.41. The quantitative estimate of drug-likeness (QED) is 0.389. The fraction of sp³-hybridized carbons (Fsp3) is 0.391. The van der Waals surface area contributed by atoms with E-state index >= 15 is 0 Å². The summed E-state index contributed by atoms with van der Waals surface area (Å²) in [5.41, 5.74) is -3.90. The van der Waals surface area contributed by atoms with Gasteiger partial charge in [0.2, 0.25) is 0 Å². The Kier molecular flexibility index (Phi) is 7.16. The van der Waals surface area contributed by atoms with E-state index in [0.717, 1.165) is 37.8 Å². The summed E-state index contributed by atoms with van der Waals surface area (Å²) in [6.45, 7) is 2.14. The maximum atomic E-state index is 14.6. The molecule has 1 aliphatic rings. The summed E-state index contributed by atoms with van der Waals surface area (Å²) in [5.74, 6) is -5.89.